The van der Waals surface area contributed by atoms with Crippen LogP contribution in [-0.4, -0.2) is 26.8 Å². The molecule has 112 valence electrons. The molecule has 4 nitrogen and oxygen atoms in total. The van der Waals surface area contributed by atoms with Crippen LogP contribution in [-0.2, 0) is 16.6 Å². The van der Waals surface area contributed by atoms with E-state index < -0.39 is 10.0 Å². The molecule has 1 aliphatic rings. The summed E-state index contributed by atoms with van der Waals surface area (Å²) in [4.78, 5) is 0. The number of fused-ring (bicyclic) bond motifs is 1. The molecule has 1 aliphatic heterocycles. The van der Waals surface area contributed by atoms with Gasteiger partial charge in [-0.25, -0.2) is 13.1 Å². The number of benzene rings is 2. The molecule has 1 heterocycles. The fraction of sp³-hybridized carbons (Fsp3) is 0.375. The van der Waals surface area contributed by atoms with E-state index in [1.54, 1.807) is 0 Å². The van der Waals surface area contributed by atoms with Gasteiger partial charge in [0.1, 0.15) is 0 Å². The quantitative estimate of drug-likeness (QED) is 0.888. The molecule has 1 fully saturated rings. The molecule has 21 heavy (non-hydrogen) atoms. The highest BCUT2D eigenvalue weighted by Crippen LogP contribution is 2.18. The molecule has 0 aliphatic carbocycles. The largest absolute Gasteiger partial charge is 0.313 e. The van der Waals surface area contributed by atoms with Gasteiger partial charge in [-0.2, -0.15) is 0 Å². The highest BCUT2D eigenvalue weighted by molar-refractivity contribution is 7.89. The lowest BCUT2D eigenvalue weighted by atomic mass is 10.1. The van der Waals surface area contributed by atoms with E-state index in [1.807, 2.05) is 42.5 Å². The molecule has 2 N–H and O–H groups in total. The maximum absolute atomic E-state index is 12.1. The van der Waals surface area contributed by atoms with Crippen molar-refractivity contribution in [3.63, 3.8) is 0 Å². The van der Waals surface area contributed by atoms with E-state index in [9.17, 15) is 8.42 Å². The predicted octanol–water partition coefficient (Wildman–Crippen LogP) is 2.01. The molecule has 5 heteroatoms. The molecule has 2 aromatic rings. The van der Waals surface area contributed by atoms with Gasteiger partial charge in [0.2, 0.25) is 10.0 Å². The number of rotatable bonds is 5. The van der Waals surface area contributed by atoms with Crippen LogP contribution in [0.5, 0.6) is 0 Å². The van der Waals surface area contributed by atoms with Gasteiger partial charge >= 0.3 is 0 Å². The van der Waals surface area contributed by atoms with Gasteiger partial charge in [-0.15, -0.1) is 0 Å². The van der Waals surface area contributed by atoms with Crippen molar-refractivity contribution in [2.45, 2.75) is 25.4 Å². The van der Waals surface area contributed by atoms with Crippen molar-refractivity contribution >= 4 is 20.8 Å². The predicted molar refractivity (Wildman–Crippen MR) is 85.6 cm³/mol. The average molecular weight is 304 g/mol. The second-order valence-corrected chi connectivity index (χ2v) is 7.39. The van der Waals surface area contributed by atoms with E-state index in [1.165, 1.54) is 0 Å². The Balaban J connectivity index is 1.71. The maximum atomic E-state index is 12.1. The van der Waals surface area contributed by atoms with Gasteiger partial charge in [0.25, 0.3) is 0 Å². The Hall–Kier alpha value is -1.43. The molecule has 1 saturated heterocycles. The summed E-state index contributed by atoms with van der Waals surface area (Å²) in [6, 6.07) is 14.1. The average Bonchev–Trinajstić information content (AvgIpc) is 2.97. The summed E-state index contributed by atoms with van der Waals surface area (Å²) in [6.07, 6.45) is 2.00. The molecular weight excluding hydrogens is 284 g/mol. The van der Waals surface area contributed by atoms with Crippen LogP contribution in [0.15, 0.2) is 42.5 Å². The Labute approximate surface area is 125 Å². The van der Waals surface area contributed by atoms with Crippen LogP contribution < -0.4 is 10.0 Å². The minimum absolute atomic E-state index is 0.0926. The summed E-state index contributed by atoms with van der Waals surface area (Å²) < 4.78 is 27.0. The smallest absolute Gasteiger partial charge is 0.213 e. The summed E-state index contributed by atoms with van der Waals surface area (Å²) in [7, 11) is -3.24. The Morgan fingerprint density at radius 2 is 1.95 bits per heavy atom. The molecule has 2 aromatic carbocycles. The fourth-order valence-electron chi connectivity index (χ4n) is 2.86. The van der Waals surface area contributed by atoms with Crippen molar-refractivity contribution < 1.29 is 8.42 Å². The number of hydrogen-bond acceptors (Lipinski definition) is 3. The zero-order chi connectivity index (χ0) is 14.7. The molecule has 0 bridgehead atoms. The lowest BCUT2D eigenvalue weighted by Crippen LogP contribution is -2.36. The van der Waals surface area contributed by atoms with Crippen LogP contribution in [0.1, 0.15) is 18.4 Å². The molecule has 0 amide bonds. The van der Waals surface area contributed by atoms with E-state index >= 15 is 0 Å². The van der Waals surface area contributed by atoms with Crippen molar-refractivity contribution in [1.29, 1.82) is 0 Å². The zero-order valence-electron chi connectivity index (χ0n) is 11.9. The topological polar surface area (TPSA) is 58.2 Å². The number of hydrogen-bond donors (Lipinski definition) is 2. The minimum Gasteiger partial charge on any atom is -0.313 e. The number of sulfonamides is 1. The summed E-state index contributed by atoms with van der Waals surface area (Å²) >= 11 is 0. The molecule has 0 spiro atoms. The summed E-state index contributed by atoms with van der Waals surface area (Å²) in [6.45, 7) is 1.26. The molecule has 1 unspecified atom stereocenters. The second-order valence-electron chi connectivity index (χ2n) is 5.53. The van der Waals surface area contributed by atoms with Crippen molar-refractivity contribution in [3.05, 3.63) is 48.0 Å². The molecule has 0 radical (unpaired) electrons. The Morgan fingerprint density at radius 3 is 2.76 bits per heavy atom. The van der Waals surface area contributed by atoms with Crippen molar-refractivity contribution in [2.24, 2.45) is 0 Å². The minimum atomic E-state index is -3.24. The van der Waals surface area contributed by atoms with Crippen molar-refractivity contribution in [2.75, 3.05) is 12.3 Å². The summed E-state index contributed by atoms with van der Waals surface area (Å²) in [5.41, 5.74) is 1.01. The standard InChI is InChI=1S/C16H20N2O2S/c19-21(20,12-15-8-4-10-17-15)18-11-14-7-3-6-13-5-1-2-9-16(13)14/h1-3,5-7,9,15,17-18H,4,8,10-12H2. The zero-order valence-corrected chi connectivity index (χ0v) is 12.7. The first-order valence-electron chi connectivity index (χ1n) is 7.31. The lowest BCUT2D eigenvalue weighted by molar-refractivity contribution is 0.563. The van der Waals surface area contributed by atoms with Crippen molar-refractivity contribution in [3.8, 4) is 0 Å². The normalized spacial score (nSPS) is 19.1. The molecule has 0 aromatic heterocycles. The van der Waals surface area contributed by atoms with E-state index in [-0.39, 0.29) is 11.8 Å². The van der Waals surface area contributed by atoms with Crippen LogP contribution >= 0.6 is 0 Å². The van der Waals surface area contributed by atoms with Crippen LogP contribution in [0.3, 0.4) is 0 Å². The second kappa shape index (κ2) is 6.13. The van der Waals surface area contributed by atoms with E-state index in [2.05, 4.69) is 10.0 Å². The van der Waals surface area contributed by atoms with Gasteiger partial charge in [-0.1, -0.05) is 42.5 Å². The first kappa shape index (κ1) is 14.5. The Kier molecular flexibility index (Phi) is 4.24. The summed E-state index contributed by atoms with van der Waals surface area (Å²) in [5, 5.41) is 5.45. The SMILES string of the molecule is O=S(=O)(CC1CCCN1)NCc1cccc2ccccc12. The molecule has 0 saturated carbocycles. The number of nitrogens with one attached hydrogen (secondary N) is 2. The lowest BCUT2D eigenvalue weighted by Gasteiger charge is -2.13. The first-order chi connectivity index (χ1) is 10.1. The highest BCUT2D eigenvalue weighted by Gasteiger charge is 2.21. The van der Waals surface area contributed by atoms with Crippen LogP contribution in [0.25, 0.3) is 10.8 Å². The maximum Gasteiger partial charge on any atom is 0.213 e. The van der Waals surface area contributed by atoms with Crippen LogP contribution in [0, 0.1) is 0 Å². The molecule has 3 rings (SSSR count). The monoisotopic (exact) mass is 304 g/mol. The van der Waals surface area contributed by atoms with Gasteiger partial charge in [0.05, 0.1) is 5.75 Å². The van der Waals surface area contributed by atoms with Gasteiger partial charge in [-0.3, -0.25) is 0 Å². The van der Waals surface area contributed by atoms with Gasteiger partial charge in [0.15, 0.2) is 0 Å². The molecular formula is C16H20N2O2S. The third-order valence-electron chi connectivity index (χ3n) is 3.95. The van der Waals surface area contributed by atoms with Crippen molar-refractivity contribution in [1.82, 2.24) is 10.0 Å². The Morgan fingerprint density at radius 1 is 1.14 bits per heavy atom. The third kappa shape index (κ3) is 3.61. The van der Waals surface area contributed by atoms with Gasteiger partial charge in [0, 0.05) is 12.6 Å². The van der Waals surface area contributed by atoms with E-state index in [0.717, 1.165) is 35.7 Å². The summed E-state index contributed by atoms with van der Waals surface area (Å²) in [5.74, 6) is 0.164. The van der Waals surface area contributed by atoms with Crippen LogP contribution in [0.2, 0.25) is 0 Å². The first-order valence-corrected chi connectivity index (χ1v) is 8.97. The van der Waals surface area contributed by atoms with Gasteiger partial charge < -0.3 is 5.32 Å². The molecule has 1 atom stereocenters. The van der Waals surface area contributed by atoms with E-state index in [0.29, 0.717) is 6.54 Å². The fourth-order valence-corrected chi connectivity index (χ4v) is 4.16. The van der Waals surface area contributed by atoms with Crippen LogP contribution in [0.4, 0.5) is 0 Å². The highest BCUT2D eigenvalue weighted by atomic mass is 32.2. The van der Waals surface area contributed by atoms with E-state index in [4.69, 9.17) is 0 Å². The Bertz CT molecular complexity index is 717. The third-order valence-corrected chi connectivity index (χ3v) is 5.37. The van der Waals surface area contributed by atoms with Gasteiger partial charge in [-0.05, 0) is 35.7 Å².